The highest BCUT2D eigenvalue weighted by molar-refractivity contribution is 5.97. The van der Waals surface area contributed by atoms with Crippen molar-refractivity contribution in [2.24, 2.45) is 11.8 Å². The van der Waals surface area contributed by atoms with E-state index in [1.54, 1.807) is 0 Å². The van der Waals surface area contributed by atoms with E-state index in [2.05, 4.69) is 9.47 Å². The highest BCUT2D eigenvalue weighted by Gasteiger charge is 2.48. The first kappa shape index (κ1) is 9.95. The van der Waals surface area contributed by atoms with Gasteiger partial charge in [-0.25, -0.2) is 4.79 Å². The smallest absolute Gasteiger partial charge is 0.409 e. The van der Waals surface area contributed by atoms with Crippen LogP contribution in [-0.4, -0.2) is 43.1 Å². The number of nitrogens with zero attached hydrogens (tertiary/aromatic N) is 1. The van der Waals surface area contributed by atoms with E-state index < -0.39 is 23.9 Å². The van der Waals surface area contributed by atoms with E-state index in [-0.39, 0.29) is 12.5 Å². The first-order valence-electron chi connectivity index (χ1n) is 4.72. The number of hydrogen-bond acceptors (Lipinski definition) is 5. The number of piperidine rings is 1. The molecule has 2 aliphatic rings. The molecule has 0 aromatic rings. The summed E-state index contributed by atoms with van der Waals surface area (Å²) in [5.41, 5.74) is 0. The van der Waals surface area contributed by atoms with E-state index >= 15 is 0 Å². The lowest BCUT2D eigenvalue weighted by molar-refractivity contribution is -0.153. The molecule has 82 valence electrons. The van der Waals surface area contributed by atoms with Crippen LogP contribution in [0.5, 0.6) is 0 Å². The maximum atomic E-state index is 11.3. The predicted octanol–water partition coefficient (Wildman–Crippen LogP) is -0.226. The van der Waals surface area contributed by atoms with Crippen molar-refractivity contribution >= 4 is 18.0 Å². The van der Waals surface area contributed by atoms with Gasteiger partial charge >= 0.3 is 18.0 Å². The first-order valence-corrected chi connectivity index (χ1v) is 4.72. The molecule has 0 radical (unpaired) electrons. The average Bonchev–Trinajstić information content (AvgIpc) is 2.53. The molecular formula is C9H11NO5. The first-order chi connectivity index (χ1) is 7.13. The summed E-state index contributed by atoms with van der Waals surface area (Å²) >= 11 is 0. The molecule has 0 aliphatic carbocycles. The van der Waals surface area contributed by atoms with E-state index in [1.165, 1.54) is 12.0 Å². The van der Waals surface area contributed by atoms with Crippen LogP contribution in [0.2, 0.25) is 0 Å². The van der Waals surface area contributed by atoms with E-state index in [1.807, 2.05) is 0 Å². The molecule has 6 heteroatoms. The summed E-state index contributed by atoms with van der Waals surface area (Å²) in [6.07, 6.45) is -0.00903. The second-order valence-electron chi connectivity index (χ2n) is 3.66. The van der Waals surface area contributed by atoms with Crippen LogP contribution in [0.1, 0.15) is 6.42 Å². The number of hydrogen-bond donors (Lipinski definition) is 0. The Balaban J connectivity index is 2.08. The summed E-state index contributed by atoms with van der Waals surface area (Å²) in [6, 6.07) is 0. The van der Waals surface area contributed by atoms with Gasteiger partial charge in [0.05, 0.1) is 18.9 Å². The monoisotopic (exact) mass is 213 g/mol. The fourth-order valence-electron chi connectivity index (χ4n) is 2.02. The maximum Gasteiger partial charge on any atom is 0.409 e. The Morgan fingerprint density at radius 2 is 2.07 bits per heavy atom. The van der Waals surface area contributed by atoms with Crippen molar-refractivity contribution in [1.29, 1.82) is 0 Å². The zero-order valence-electron chi connectivity index (χ0n) is 8.26. The number of cyclic esters (lactones) is 2. The molecule has 1 amide bonds. The van der Waals surface area contributed by atoms with Crippen molar-refractivity contribution in [3.63, 3.8) is 0 Å². The molecule has 2 unspecified atom stereocenters. The molecule has 2 fully saturated rings. The Morgan fingerprint density at radius 3 is 2.73 bits per heavy atom. The molecule has 0 N–H and O–H groups in total. The number of rotatable bonds is 0. The standard InChI is InChI=1S/C9H11NO5/c1-14-9(13)10-3-2-5-6(4-10)8(12)15-7(5)11/h5-6H,2-4H2,1H3. The van der Waals surface area contributed by atoms with Gasteiger partial charge in [0.15, 0.2) is 0 Å². The Kier molecular flexibility index (Phi) is 2.34. The molecule has 0 aromatic heterocycles. The molecular weight excluding hydrogens is 202 g/mol. The lowest BCUT2D eigenvalue weighted by Gasteiger charge is -2.30. The maximum absolute atomic E-state index is 11.3. The molecule has 2 heterocycles. The minimum atomic E-state index is -0.529. The number of methoxy groups -OCH3 is 1. The number of esters is 2. The van der Waals surface area contributed by atoms with Crippen molar-refractivity contribution < 1.29 is 23.9 Å². The van der Waals surface area contributed by atoms with E-state index in [4.69, 9.17) is 0 Å². The SMILES string of the molecule is COC(=O)N1CCC2C(=O)OC(=O)C2C1. The van der Waals surface area contributed by atoms with Crippen LogP contribution in [0.4, 0.5) is 4.79 Å². The van der Waals surface area contributed by atoms with Crippen LogP contribution < -0.4 is 0 Å². The van der Waals surface area contributed by atoms with Gasteiger partial charge < -0.3 is 14.4 Å². The van der Waals surface area contributed by atoms with Gasteiger partial charge in [0.25, 0.3) is 0 Å². The van der Waals surface area contributed by atoms with Gasteiger partial charge in [0.2, 0.25) is 0 Å². The average molecular weight is 213 g/mol. The number of fused-ring (bicyclic) bond motifs is 1. The third-order valence-corrected chi connectivity index (χ3v) is 2.85. The normalized spacial score (nSPS) is 29.8. The lowest BCUT2D eigenvalue weighted by atomic mass is 9.88. The molecule has 2 atom stereocenters. The molecule has 0 saturated carbocycles. The molecule has 2 saturated heterocycles. The molecule has 0 aromatic carbocycles. The minimum absolute atomic E-state index is 0.210. The second kappa shape index (κ2) is 3.52. The van der Waals surface area contributed by atoms with Crippen LogP contribution in [0.25, 0.3) is 0 Å². The quantitative estimate of drug-likeness (QED) is 0.410. The molecule has 0 bridgehead atoms. The van der Waals surface area contributed by atoms with Crippen LogP contribution in [0.15, 0.2) is 0 Å². The largest absolute Gasteiger partial charge is 0.453 e. The highest BCUT2D eigenvalue weighted by atomic mass is 16.6. The van der Waals surface area contributed by atoms with Crippen LogP contribution in [0, 0.1) is 11.8 Å². The van der Waals surface area contributed by atoms with E-state index in [0.717, 1.165) is 0 Å². The van der Waals surface area contributed by atoms with Crippen molar-refractivity contribution in [1.82, 2.24) is 4.90 Å². The summed E-state index contributed by atoms with van der Waals surface area (Å²) in [5.74, 6) is -1.88. The third kappa shape index (κ3) is 1.55. The molecule has 15 heavy (non-hydrogen) atoms. The summed E-state index contributed by atoms with van der Waals surface area (Å²) in [4.78, 5) is 35.1. The third-order valence-electron chi connectivity index (χ3n) is 2.85. The lowest BCUT2D eigenvalue weighted by Crippen LogP contribution is -2.44. The van der Waals surface area contributed by atoms with Crippen molar-refractivity contribution in [2.45, 2.75) is 6.42 Å². The second-order valence-corrected chi connectivity index (χ2v) is 3.66. The molecule has 2 aliphatic heterocycles. The molecule has 6 nitrogen and oxygen atoms in total. The van der Waals surface area contributed by atoms with Crippen molar-refractivity contribution in [3.8, 4) is 0 Å². The van der Waals surface area contributed by atoms with Crippen molar-refractivity contribution in [2.75, 3.05) is 20.2 Å². The summed E-state index contributed by atoms with van der Waals surface area (Å²) in [7, 11) is 1.28. The van der Waals surface area contributed by atoms with Crippen molar-refractivity contribution in [3.05, 3.63) is 0 Å². The van der Waals surface area contributed by atoms with Gasteiger partial charge in [-0.3, -0.25) is 9.59 Å². The van der Waals surface area contributed by atoms with E-state index in [9.17, 15) is 14.4 Å². The van der Waals surface area contributed by atoms with Crippen LogP contribution in [-0.2, 0) is 19.1 Å². The fraction of sp³-hybridized carbons (Fsp3) is 0.667. The van der Waals surface area contributed by atoms with Gasteiger partial charge in [0, 0.05) is 13.1 Å². The summed E-state index contributed by atoms with van der Waals surface area (Å²) in [6.45, 7) is 0.637. The number of carbonyl (C=O) groups is 3. The Hall–Kier alpha value is -1.59. The van der Waals surface area contributed by atoms with Gasteiger partial charge in [-0.2, -0.15) is 0 Å². The Bertz CT molecular complexity index is 326. The fourth-order valence-corrected chi connectivity index (χ4v) is 2.02. The summed E-state index contributed by atoms with van der Waals surface area (Å²) in [5, 5.41) is 0. The summed E-state index contributed by atoms with van der Waals surface area (Å²) < 4.78 is 9.06. The zero-order valence-corrected chi connectivity index (χ0v) is 8.26. The number of amides is 1. The zero-order chi connectivity index (χ0) is 11.0. The van der Waals surface area contributed by atoms with E-state index in [0.29, 0.717) is 13.0 Å². The van der Waals surface area contributed by atoms with Crippen LogP contribution >= 0.6 is 0 Å². The van der Waals surface area contributed by atoms with Gasteiger partial charge in [0.1, 0.15) is 0 Å². The topological polar surface area (TPSA) is 72.9 Å². The number of likely N-dealkylation sites (tertiary alicyclic amines) is 1. The minimum Gasteiger partial charge on any atom is -0.453 e. The van der Waals surface area contributed by atoms with Gasteiger partial charge in [-0.1, -0.05) is 0 Å². The Labute approximate surface area is 86.1 Å². The van der Waals surface area contributed by atoms with Gasteiger partial charge in [-0.05, 0) is 6.42 Å². The van der Waals surface area contributed by atoms with Gasteiger partial charge in [-0.15, -0.1) is 0 Å². The molecule has 0 spiro atoms. The predicted molar refractivity (Wildman–Crippen MR) is 46.7 cm³/mol. The Morgan fingerprint density at radius 1 is 1.40 bits per heavy atom. The number of ether oxygens (including phenoxy) is 2. The molecule has 2 rings (SSSR count). The van der Waals surface area contributed by atoms with Crippen LogP contribution in [0.3, 0.4) is 0 Å². The highest BCUT2D eigenvalue weighted by Crippen LogP contribution is 2.31. The number of carbonyl (C=O) groups excluding carboxylic acids is 3.